The number of morpholine rings is 1. The molecule has 6 nitrogen and oxygen atoms in total. The molecular weight excluding hydrogens is 344 g/mol. The lowest BCUT2D eigenvalue weighted by Crippen LogP contribution is -2.59. The lowest BCUT2D eigenvalue weighted by Gasteiger charge is -2.46. The average Bonchev–Trinajstić information content (AvgIpc) is 2.64. The summed E-state index contributed by atoms with van der Waals surface area (Å²) in [4.78, 5) is 14.9. The molecule has 2 fully saturated rings. The summed E-state index contributed by atoms with van der Waals surface area (Å²) >= 11 is 0. The van der Waals surface area contributed by atoms with Crippen LogP contribution in [-0.2, 0) is 9.47 Å². The summed E-state index contributed by atoms with van der Waals surface area (Å²) in [5.74, 6) is 0.922. The first-order valence-electron chi connectivity index (χ1n) is 9.86. The number of amides is 1. The van der Waals surface area contributed by atoms with Crippen molar-refractivity contribution in [1.29, 1.82) is 0 Å². The Labute approximate surface area is 162 Å². The van der Waals surface area contributed by atoms with Crippen LogP contribution in [0.1, 0.15) is 42.6 Å². The van der Waals surface area contributed by atoms with E-state index in [-0.39, 0.29) is 23.7 Å². The summed E-state index contributed by atoms with van der Waals surface area (Å²) in [5, 5.41) is 3.46. The molecule has 0 bridgehead atoms. The molecular formula is C21H32N2O4. The number of nitrogens with zero attached hydrogens (tertiary/aromatic N) is 1. The molecule has 1 aromatic rings. The van der Waals surface area contributed by atoms with E-state index in [1.54, 1.807) is 7.11 Å². The predicted molar refractivity (Wildman–Crippen MR) is 104 cm³/mol. The molecule has 0 aliphatic carbocycles. The monoisotopic (exact) mass is 376 g/mol. The van der Waals surface area contributed by atoms with E-state index >= 15 is 0 Å². The fourth-order valence-corrected chi connectivity index (χ4v) is 3.94. The number of piperidine rings is 1. The normalized spacial score (nSPS) is 22.3. The van der Waals surface area contributed by atoms with Gasteiger partial charge in [0, 0.05) is 38.9 Å². The van der Waals surface area contributed by atoms with Crippen LogP contribution in [-0.4, -0.2) is 68.5 Å². The van der Waals surface area contributed by atoms with Crippen LogP contribution in [0.3, 0.4) is 0 Å². The van der Waals surface area contributed by atoms with Gasteiger partial charge in [0.05, 0.1) is 24.4 Å². The van der Waals surface area contributed by atoms with Gasteiger partial charge in [-0.15, -0.1) is 0 Å². The first-order chi connectivity index (χ1) is 12.9. The molecule has 0 aromatic heterocycles. The van der Waals surface area contributed by atoms with Crippen molar-refractivity contribution in [2.45, 2.75) is 51.4 Å². The zero-order valence-corrected chi connectivity index (χ0v) is 16.9. The zero-order valence-electron chi connectivity index (χ0n) is 16.9. The molecule has 2 heterocycles. The number of rotatable bonds is 5. The number of likely N-dealkylation sites (tertiary alicyclic amines) is 1. The van der Waals surface area contributed by atoms with Crippen LogP contribution in [0, 0.1) is 6.92 Å². The molecule has 0 saturated carbocycles. The van der Waals surface area contributed by atoms with Crippen molar-refractivity contribution in [3.05, 3.63) is 29.3 Å². The molecule has 150 valence electrons. The van der Waals surface area contributed by atoms with Crippen molar-refractivity contribution < 1.29 is 19.0 Å². The number of ether oxygens (including phenoxy) is 3. The van der Waals surface area contributed by atoms with Gasteiger partial charge in [0.15, 0.2) is 0 Å². The lowest BCUT2D eigenvalue weighted by molar-refractivity contribution is -0.153. The van der Waals surface area contributed by atoms with E-state index in [0.717, 1.165) is 42.8 Å². The average molecular weight is 376 g/mol. The summed E-state index contributed by atoms with van der Waals surface area (Å²) in [6.45, 7) is 9.67. The molecule has 1 unspecified atom stereocenters. The highest BCUT2D eigenvalue weighted by atomic mass is 16.5. The van der Waals surface area contributed by atoms with E-state index in [1.807, 2.05) is 43.9 Å². The van der Waals surface area contributed by atoms with Crippen LogP contribution < -0.4 is 10.1 Å². The SMILES string of the molecule is COCC1CNCC2(CCN(C(=O)c3ccc(OC(C)C)c(C)c3)CC2)O1. The lowest BCUT2D eigenvalue weighted by atomic mass is 9.89. The van der Waals surface area contributed by atoms with Gasteiger partial charge in [-0.2, -0.15) is 0 Å². The number of benzene rings is 1. The van der Waals surface area contributed by atoms with Crippen LogP contribution >= 0.6 is 0 Å². The maximum Gasteiger partial charge on any atom is 0.253 e. The highest BCUT2D eigenvalue weighted by molar-refractivity contribution is 5.94. The molecule has 27 heavy (non-hydrogen) atoms. The number of aryl methyl sites for hydroxylation is 1. The second kappa shape index (κ2) is 8.59. The predicted octanol–water partition coefficient (Wildman–Crippen LogP) is 2.39. The Morgan fingerprint density at radius 3 is 2.74 bits per heavy atom. The van der Waals surface area contributed by atoms with E-state index < -0.39 is 0 Å². The topological polar surface area (TPSA) is 60.0 Å². The Hall–Kier alpha value is -1.63. The van der Waals surface area contributed by atoms with Crippen molar-refractivity contribution in [3.8, 4) is 5.75 Å². The van der Waals surface area contributed by atoms with Gasteiger partial charge in [0.25, 0.3) is 5.91 Å². The Kier molecular flexibility index (Phi) is 6.40. The summed E-state index contributed by atoms with van der Waals surface area (Å²) in [6, 6.07) is 5.69. The van der Waals surface area contributed by atoms with E-state index in [4.69, 9.17) is 14.2 Å². The molecule has 1 spiro atoms. The molecule has 0 radical (unpaired) electrons. The Morgan fingerprint density at radius 2 is 2.11 bits per heavy atom. The van der Waals surface area contributed by atoms with Gasteiger partial charge in [-0.1, -0.05) is 0 Å². The maximum absolute atomic E-state index is 12.9. The second-order valence-corrected chi connectivity index (χ2v) is 7.95. The summed E-state index contributed by atoms with van der Waals surface area (Å²) in [7, 11) is 1.70. The highest BCUT2D eigenvalue weighted by Gasteiger charge is 2.41. The summed E-state index contributed by atoms with van der Waals surface area (Å²) in [6.07, 6.45) is 1.90. The summed E-state index contributed by atoms with van der Waals surface area (Å²) < 4.78 is 17.3. The van der Waals surface area contributed by atoms with Gasteiger partial charge in [-0.3, -0.25) is 4.79 Å². The maximum atomic E-state index is 12.9. The van der Waals surface area contributed by atoms with E-state index in [1.165, 1.54) is 0 Å². The minimum absolute atomic E-state index is 0.0845. The van der Waals surface area contributed by atoms with Gasteiger partial charge in [-0.05, 0) is 57.4 Å². The zero-order chi connectivity index (χ0) is 19.4. The molecule has 3 rings (SSSR count). The third-order valence-corrected chi connectivity index (χ3v) is 5.33. The minimum atomic E-state index is -0.177. The number of carbonyl (C=O) groups is 1. The quantitative estimate of drug-likeness (QED) is 0.855. The van der Waals surface area contributed by atoms with Gasteiger partial charge in [0.1, 0.15) is 5.75 Å². The molecule has 2 aliphatic rings. The molecule has 1 amide bonds. The van der Waals surface area contributed by atoms with Gasteiger partial charge in [-0.25, -0.2) is 0 Å². The van der Waals surface area contributed by atoms with Crippen LogP contribution in [0.5, 0.6) is 5.75 Å². The largest absolute Gasteiger partial charge is 0.491 e. The first kappa shape index (κ1) is 20.1. The van der Waals surface area contributed by atoms with Crippen molar-refractivity contribution in [3.63, 3.8) is 0 Å². The van der Waals surface area contributed by atoms with Crippen LogP contribution in [0.25, 0.3) is 0 Å². The van der Waals surface area contributed by atoms with Crippen LogP contribution in [0.4, 0.5) is 0 Å². The van der Waals surface area contributed by atoms with E-state index in [2.05, 4.69) is 5.32 Å². The van der Waals surface area contributed by atoms with Gasteiger partial charge >= 0.3 is 0 Å². The van der Waals surface area contributed by atoms with E-state index in [9.17, 15) is 4.79 Å². The number of hydrogen-bond donors (Lipinski definition) is 1. The van der Waals surface area contributed by atoms with Crippen molar-refractivity contribution in [2.75, 3.05) is 39.9 Å². The highest BCUT2D eigenvalue weighted by Crippen LogP contribution is 2.30. The number of hydrogen-bond acceptors (Lipinski definition) is 5. The Bertz CT molecular complexity index is 652. The Morgan fingerprint density at radius 1 is 1.37 bits per heavy atom. The fraction of sp³-hybridized carbons (Fsp3) is 0.667. The molecule has 1 atom stereocenters. The number of nitrogens with one attached hydrogen (secondary N) is 1. The van der Waals surface area contributed by atoms with Crippen molar-refractivity contribution >= 4 is 5.91 Å². The number of methoxy groups -OCH3 is 1. The standard InChI is InChI=1S/C21H32N2O4/c1-15(2)26-19-6-5-17(11-16(19)3)20(24)23-9-7-21(8-10-23)14-22-12-18(27-21)13-25-4/h5-6,11,15,18,22H,7-10,12-14H2,1-4H3. The Balaban J connectivity index is 1.61. The third-order valence-electron chi connectivity index (χ3n) is 5.33. The molecule has 1 N–H and O–H groups in total. The third kappa shape index (κ3) is 4.81. The molecule has 1 aromatic carbocycles. The van der Waals surface area contributed by atoms with Gasteiger partial charge in [0.2, 0.25) is 0 Å². The van der Waals surface area contributed by atoms with Crippen LogP contribution in [0.2, 0.25) is 0 Å². The minimum Gasteiger partial charge on any atom is -0.491 e. The number of carbonyl (C=O) groups excluding carboxylic acids is 1. The van der Waals surface area contributed by atoms with Crippen molar-refractivity contribution in [1.82, 2.24) is 10.2 Å². The molecule has 2 saturated heterocycles. The van der Waals surface area contributed by atoms with Gasteiger partial charge < -0.3 is 24.4 Å². The summed E-state index contributed by atoms with van der Waals surface area (Å²) in [5.41, 5.74) is 1.54. The molecule has 2 aliphatic heterocycles. The van der Waals surface area contributed by atoms with Crippen LogP contribution in [0.15, 0.2) is 18.2 Å². The second-order valence-electron chi connectivity index (χ2n) is 7.95. The fourth-order valence-electron chi connectivity index (χ4n) is 3.94. The smallest absolute Gasteiger partial charge is 0.253 e. The molecule has 6 heteroatoms. The van der Waals surface area contributed by atoms with E-state index in [0.29, 0.717) is 19.7 Å². The first-order valence-corrected chi connectivity index (χ1v) is 9.86. The van der Waals surface area contributed by atoms with Crippen molar-refractivity contribution in [2.24, 2.45) is 0 Å².